The molecule has 35 heavy (non-hydrogen) atoms. The van der Waals surface area contributed by atoms with Crippen LogP contribution >= 0.6 is 0 Å². The lowest BCUT2D eigenvalue weighted by Gasteiger charge is -2.20. The average molecular weight is 474 g/mol. The predicted octanol–water partition coefficient (Wildman–Crippen LogP) is 5.91. The lowest BCUT2D eigenvalue weighted by Crippen LogP contribution is -2.26. The van der Waals surface area contributed by atoms with Crippen molar-refractivity contribution in [2.75, 3.05) is 20.3 Å². The number of nitrogens with zero attached hydrogens (tertiary/aromatic N) is 2. The fourth-order valence-electron chi connectivity index (χ4n) is 4.08. The minimum absolute atomic E-state index is 0.168. The van der Waals surface area contributed by atoms with E-state index in [0.29, 0.717) is 36.6 Å². The van der Waals surface area contributed by atoms with E-state index in [2.05, 4.69) is 16.8 Å². The maximum absolute atomic E-state index is 13.8. The number of rotatable bonds is 9. The van der Waals surface area contributed by atoms with Gasteiger partial charge in [0.05, 0.1) is 18.3 Å². The maximum atomic E-state index is 13.8. The fraction of sp³-hybridized carbons (Fsp3) is 0.214. The van der Waals surface area contributed by atoms with Gasteiger partial charge in [-0.25, -0.2) is 4.39 Å². The van der Waals surface area contributed by atoms with E-state index in [1.165, 1.54) is 12.1 Å². The first-order chi connectivity index (χ1) is 16.9. The highest BCUT2D eigenvalue weighted by Crippen LogP contribution is 2.33. The van der Waals surface area contributed by atoms with Crippen LogP contribution in [0.2, 0.25) is 0 Å². The second-order valence-corrected chi connectivity index (χ2v) is 8.23. The molecule has 0 bridgehead atoms. The number of carbonyl (C=O) groups is 1. The van der Waals surface area contributed by atoms with Gasteiger partial charge in [-0.2, -0.15) is 5.10 Å². The van der Waals surface area contributed by atoms with E-state index in [-0.39, 0.29) is 11.7 Å². The van der Waals surface area contributed by atoms with Crippen molar-refractivity contribution in [1.82, 2.24) is 15.1 Å². The van der Waals surface area contributed by atoms with Crippen molar-refractivity contribution in [2.45, 2.75) is 20.4 Å². The largest absolute Gasteiger partial charge is 0.493 e. The van der Waals surface area contributed by atoms with Crippen molar-refractivity contribution < 1.29 is 18.7 Å². The van der Waals surface area contributed by atoms with Crippen LogP contribution in [0.15, 0.2) is 67.4 Å². The minimum Gasteiger partial charge on any atom is -0.493 e. The predicted molar refractivity (Wildman–Crippen MR) is 135 cm³/mol. The Kier molecular flexibility index (Phi) is 7.15. The number of hydrogen-bond donors (Lipinski definition) is 1. The third-order valence-corrected chi connectivity index (χ3v) is 5.81. The van der Waals surface area contributed by atoms with Crippen LogP contribution in [0, 0.1) is 12.7 Å². The summed E-state index contributed by atoms with van der Waals surface area (Å²) in [6, 6.07) is 13.5. The van der Waals surface area contributed by atoms with Crippen LogP contribution in [-0.4, -0.2) is 41.3 Å². The molecule has 0 unspecified atom stereocenters. The van der Waals surface area contributed by atoms with Crippen molar-refractivity contribution in [1.29, 1.82) is 0 Å². The smallest absolute Gasteiger partial charge is 0.254 e. The Labute approximate surface area is 204 Å². The molecule has 6 nitrogen and oxygen atoms in total. The van der Waals surface area contributed by atoms with Gasteiger partial charge in [0.25, 0.3) is 5.91 Å². The zero-order valence-electron chi connectivity index (χ0n) is 20.1. The van der Waals surface area contributed by atoms with E-state index in [1.54, 1.807) is 48.5 Å². The van der Waals surface area contributed by atoms with E-state index >= 15 is 0 Å². The molecule has 180 valence electrons. The molecule has 4 rings (SSSR count). The molecule has 7 heteroatoms. The number of halogens is 1. The molecule has 1 N–H and O–H groups in total. The molecule has 4 aromatic rings. The van der Waals surface area contributed by atoms with Crippen molar-refractivity contribution in [2.24, 2.45) is 0 Å². The molecule has 3 aromatic carbocycles. The number of aromatic nitrogens is 2. The topological polar surface area (TPSA) is 67.4 Å². The summed E-state index contributed by atoms with van der Waals surface area (Å²) in [6.07, 6.45) is 3.45. The lowest BCUT2D eigenvalue weighted by molar-refractivity contribution is 0.0785. The summed E-state index contributed by atoms with van der Waals surface area (Å²) in [5.41, 5.74) is 4.63. The minimum atomic E-state index is -0.329. The number of ether oxygens (including phenoxy) is 2. The zero-order valence-corrected chi connectivity index (χ0v) is 20.1. The van der Waals surface area contributed by atoms with Gasteiger partial charge in [-0.05, 0) is 55.8 Å². The first kappa shape index (κ1) is 24.0. The highest BCUT2D eigenvalue weighted by atomic mass is 19.1. The number of fused-ring (bicyclic) bond motifs is 1. The molecule has 0 spiro atoms. The highest BCUT2D eigenvalue weighted by Gasteiger charge is 2.19. The number of nitrogens with one attached hydrogen (secondary N) is 1. The van der Waals surface area contributed by atoms with Crippen LogP contribution in [0.25, 0.3) is 22.0 Å². The van der Waals surface area contributed by atoms with Gasteiger partial charge in [0.1, 0.15) is 23.9 Å². The van der Waals surface area contributed by atoms with Crippen LogP contribution in [0.1, 0.15) is 28.4 Å². The maximum Gasteiger partial charge on any atom is 0.254 e. The quantitative estimate of drug-likeness (QED) is 0.307. The molecule has 0 atom stereocenters. The number of hydrogen-bond acceptors (Lipinski definition) is 4. The Morgan fingerprint density at radius 1 is 1.17 bits per heavy atom. The number of aromatic amines is 1. The van der Waals surface area contributed by atoms with Crippen LogP contribution in [0.3, 0.4) is 0 Å². The molecule has 1 heterocycles. The Hall–Kier alpha value is -4.13. The van der Waals surface area contributed by atoms with Gasteiger partial charge in [-0.1, -0.05) is 24.8 Å². The summed E-state index contributed by atoms with van der Waals surface area (Å²) < 4.78 is 25.4. The number of benzene rings is 3. The number of H-pyrrole nitrogens is 1. The first-order valence-electron chi connectivity index (χ1n) is 11.4. The van der Waals surface area contributed by atoms with Gasteiger partial charge in [0.2, 0.25) is 0 Å². The van der Waals surface area contributed by atoms with E-state index in [0.717, 1.165) is 33.3 Å². The Balaban J connectivity index is 1.63. The third kappa shape index (κ3) is 5.04. The summed E-state index contributed by atoms with van der Waals surface area (Å²) in [5, 5.41) is 8.17. The summed E-state index contributed by atoms with van der Waals surface area (Å²) in [6.45, 7) is 8.71. The second kappa shape index (κ2) is 10.4. The fourth-order valence-corrected chi connectivity index (χ4v) is 4.08. The van der Waals surface area contributed by atoms with Crippen LogP contribution in [-0.2, 0) is 6.54 Å². The van der Waals surface area contributed by atoms with Gasteiger partial charge in [0.15, 0.2) is 0 Å². The third-order valence-electron chi connectivity index (χ3n) is 5.81. The van der Waals surface area contributed by atoms with Crippen molar-refractivity contribution in [3.63, 3.8) is 0 Å². The normalized spacial score (nSPS) is 10.9. The number of amides is 1. The highest BCUT2D eigenvalue weighted by molar-refractivity contribution is 5.96. The zero-order chi connectivity index (χ0) is 24.9. The van der Waals surface area contributed by atoms with E-state index < -0.39 is 0 Å². The van der Waals surface area contributed by atoms with Crippen LogP contribution < -0.4 is 9.47 Å². The van der Waals surface area contributed by atoms with Gasteiger partial charge >= 0.3 is 0 Å². The van der Waals surface area contributed by atoms with E-state index in [9.17, 15) is 9.18 Å². The van der Waals surface area contributed by atoms with Gasteiger partial charge < -0.3 is 14.4 Å². The molecular weight excluding hydrogens is 445 g/mol. The van der Waals surface area contributed by atoms with Gasteiger partial charge in [0, 0.05) is 41.2 Å². The second-order valence-electron chi connectivity index (χ2n) is 8.23. The standard InChI is InChI=1S/C28H28FN3O3/c1-5-12-35-25-15-21(27-24(18(25)3)16-30-31-27)17-32(4)28(33)20-10-11-23(26(14-20)34-6-2)19-8-7-9-22(29)13-19/h5,7-11,13-16H,1,6,12,17H2,2-4H3,(H,30,31). The molecule has 1 amide bonds. The Bertz CT molecular complexity index is 1380. The molecule has 0 radical (unpaired) electrons. The average Bonchev–Trinajstić information content (AvgIpc) is 3.35. The summed E-state index contributed by atoms with van der Waals surface area (Å²) in [7, 11) is 1.75. The van der Waals surface area contributed by atoms with Crippen LogP contribution in [0.4, 0.5) is 4.39 Å². The first-order valence-corrected chi connectivity index (χ1v) is 11.4. The summed E-state index contributed by atoms with van der Waals surface area (Å²) in [4.78, 5) is 15.0. The number of carbonyl (C=O) groups excluding carboxylic acids is 1. The lowest BCUT2D eigenvalue weighted by atomic mass is 10.0. The molecule has 0 saturated carbocycles. The Morgan fingerprint density at radius 3 is 2.74 bits per heavy atom. The monoisotopic (exact) mass is 473 g/mol. The van der Waals surface area contributed by atoms with Crippen molar-refractivity contribution in [3.05, 3.63) is 89.9 Å². The number of aryl methyl sites for hydroxylation is 1. The SMILES string of the molecule is C=CCOc1cc(CN(C)C(=O)c2ccc(-c3cccc(F)c3)c(OCC)c2)c2[nH]ncc2c1C. The molecule has 0 aliphatic heterocycles. The van der Waals surface area contributed by atoms with E-state index in [4.69, 9.17) is 9.47 Å². The Morgan fingerprint density at radius 2 is 2.00 bits per heavy atom. The molecule has 0 saturated heterocycles. The van der Waals surface area contributed by atoms with Crippen molar-refractivity contribution in [3.8, 4) is 22.6 Å². The molecule has 0 aliphatic rings. The summed E-state index contributed by atoms with van der Waals surface area (Å²) >= 11 is 0. The van der Waals surface area contributed by atoms with Gasteiger partial charge in [-0.15, -0.1) is 0 Å². The summed E-state index contributed by atoms with van der Waals surface area (Å²) in [5.74, 6) is 0.763. The molecule has 0 fully saturated rings. The van der Waals surface area contributed by atoms with Crippen LogP contribution in [0.5, 0.6) is 11.5 Å². The molecule has 0 aliphatic carbocycles. The van der Waals surface area contributed by atoms with E-state index in [1.807, 2.05) is 26.0 Å². The molecule has 1 aromatic heterocycles. The molecular formula is C28H28FN3O3. The van der Waals surface area contributed by atoms with Crippen molar-refractivity contribution >= 4 is 16.8 Å². The van der Waals surface area contributed by atoms with Gasteiger partial charge in [-0.3, -0.25) is 9.89 Å².